The Morgan fingerprint density at radius 3 is 2.53 bits per heavy atom. The molecule has 0 unspecified atom stereocenters. The first-order valence-electron chi connectivity index (χ1n) is 6.07. The van der Waals surface area contributed by atoms with Gasteiger partial charge in [-0.3, -0.25) is 0 Å². The van der Waals surface area contributed by atoms with Crippen molar-refractivity contribution in [2.45, 2.75) is 19.0 Å². The molecule has 1 aromatic heterocycles. The SMILES string of the molecule is Cc1cc(C)nc(SCCOc2ccccc2N)n1. The lowest BCUT2D eigenvalue weighted by Crippen LogP contribution is -2.03. The van der Waals surface area contributed by atoms with Gasteiger partial charge in [-0.05, 0) is 32.0 Å². The van der Waals surface area contributed by atoms with Gasteiger partial charge in [-0.25, -0.2) is 9.97 Å². The number of para-hydroxylation sites is 2. The van der Waals surface area contributed by atoms with E-state index in [1.807, 2.05) is 44.2 Å². The van der Waals surface area contributed by atoms with E-state index < -0.39 is 0 Å². The van der Waals surface area contributed by atoms with E-state index in [9.17, 15) is 0 Å². The summed E-state index contributed by atoms with van der Waals surface area (Å²) in [5.41, 5.74) is 8.44. The topological polar surface area (TPSA) is 61.0 Å². The molecule has 0 amide bonds. The Balaban J connectivity index is 1.82. The molecule has 0 aliphatic carbocycles. The third-order valence-corrected chi connectivity index (χ3v) is 3.26. The van der Waals surface area contributed by atoms with Gasteiger partial charge in [0.05, 0.1) is 12.3 Å². The number of nitrogens with two attached hydrogens (primary N) is 1. The Labute approximate surface area is 117 Å². The molecule has 100 valence electrons. The number of thioether (sulfide) groups is 1. The predicted octanol–water partition coefficient (Wildman–Crippen LogP) is 2.85. The lowest BCUT2D eigenvalue weighted by molar-refractivity contribution is 0.345. The summed E-state index contributed by atoms with van der Waals surface area (Å²) in [7, 11) is 0. The fourth-order valence-electron chi connectivity index (χ4n) is 1.65. The predicted molar refractivity (Wildman–Crippen MR) is 78.6 cm³/mol. The Hall–Kier alpha value is -1.75. The molecule has 0 aliphatic heterocycles. The number of nitrogen functional groups attached to an aromatic ring is 1. The minimum Gasteiger partial charge on any atom is -0.491 e. The maximum absolute atomic E-state index is 5.80. The summed E-state index contributed by atoms with van der Waals surface area (Å²) in [4.78, 5) is 8.74. The van der Waals surface area contributed by atoms with Crippen LogP contribution in [0.25, 0.3) is 0 Å². The minimum absolute atomic E-state index is 0.579. The maximum atomic E-state index is 5.80. The highest BCUT2D eigenvalue weighted by molar-refractivity contribution is 7.99. The van der Waals surface area contributed by atoms with Gasteiger partial charge in [-0.1, -0.05) is 23.9 Å². The Morgan fingerprint density at radius 2 is 1.84 bits per heavy atom. The zero-order chi connectivity index (χ0) is 13.7. The largest absolute Gasteiger partial charge is 0.491 e. The molecule has 0 saturated carbocycles. The van der Waals surface area contributed by atoms with Gasteiger partial charge >= 0.3 is 0 Å². The smallest absolute Gasteiger partial charge is 0.188 e. The van der Waals surface area contributed by atoms with Crippen molar-refractivity contribution in [3.05, 3.63) is 41.7 Å². The molecular weight excluding hydrogens is 258 g/mol. The molecule has 1 aromatic carbocycles. The first kappa shape index (κ1) is 13.7. The molecule has 0 bridgehead atoms. The Kier molecular flexibility index (Phi) is 4.63. The van der Waals surface area contributed by atoms with Crippen LogP contribution in [0.4, 0.5) is 5.69 Å². The lowest BCUT2D eigenvalue weighted by Gasteiger charge is -2.08. The van der Waals surface area contributed by atoms with Crippen LogP contribution in [0.5, 0.6) is 5.75 Å². The van der Waals surface area contributed by atoms with Gasteiger partial charge < -0.3 is 10.5 Å². The molecule has 19 heavy (non-hydrogen) atoms. The number of aromatic nitrogens is 2. The average molecular weight is 275 g/mol. The first-order valence-corrected chi connectivity index (χ1v) is 7.06. The molecule has 2 aromatic rings. The molecule has 0 fully saturated rings. The summed E-state index contributed by atoms with van der Waals surface area (Å²) in [5.74, 6) is 1.52. The highest BCUT2D eigenvalue weighted by Crippen LogP contribution is 2.20. The fraction of sp³-hybridized carbons (Fsp3) is 0.286. The van der Waals surface area contributed by atoms with Crippen molar-refractivity contribution in [1.82, 2.24) is 9.97 Å². The quantitative estimate of drug-likeness (QED) is 0.393. The lowest BCUT2D eigenvalue weighted by atomic mass is 10.3. The van der Waals surface area contributed by atoms with Crippen LogP contribution in [0.2, 0.25) is 0 Å². The van der Waals surface area contributed by atoms with Gasteiger partial charge in [0.25, 0.3) is 0 Å². The van der Waals surface area contributed by atoms with Crippen molar-refractivity contribution in [3.63, 3.8) is 0 Å². The zero-order valence-electron chi connectivity index (χ0n) is 11.1. The van der Waals surface area contributed by atoms with Crippen molar-refractivity contribution in [2.75, 3.05) is 18.1 Å². The third-order valence-electron chi connectivity index (χ3n) is 2.45. The Bertz CT molecular complexity index is 540. The number of ether oxygens (including phenoxy) is 1. The van der Waals surface area contributed by atoms with E-state index in [2.05, 4.69) is 9.97 Å². The normalized spacial score (nSPS) is 10.4. The van der Waals surface area contributed by atoms with E-state index in [4.69, 9.17) is 10.5 Å². The average Bonchev–Trinajstić information content (AvgIpc) is 2.35. The summed E-state index contributed by atoms with van der Waals surface area (Å²) in [6.07, 6.45) is 0. The molecule has 5 heteroatoms. The number of benzene rings is 1. The molecular formula is C14H17N3OS. The summed E-state index contributed by atoms with van der Waals surface area (Å²) in [6, 6.07) is 9.46. The number of hydrogen-bond acceptors (Lipinski definition) is 5. The summed E-state index contributed by atoms with van der Waals surface area (Å²) >= 11 is 1.59. The maximum Gasteiger partial charge on any atom is 0.188 e. The molecule has 1 heterocycles. The fourth-order valence-corrected chi connectivity index (χ4v) is 2.42. The number of nitrogens with zero attached hydrogens (tertiary/aromatic N) is 2. The van der Waals surface area contributed by atoms with Crippen molar-refractivity contribution >= 4 is 17.4 Å². The van der Waals surface area contributed by atoms with Crippen molar-refractivity contribution in [3.8, 4) is 5.75 Å². The summed E-state index contributed by atoms with van der Waals surface area (Å²) in [6.45, 7) is 4.52. The second-order valence-corrected chi connectivity index (χ2v) is 5.23. The molecule has 0 atom stereocenters. The van der Waals surface area contributed by atoms with E-state index in [0.717, 1.165) is 28.0 Å². The monoisotopic (exact) mass is 275 g/mol. The van der Waals surface area contributed by atoms with Gasteiger partial charge in [0.15, 0.2) is 5.16 Å². The van der Waals surface area contributed by atoms with Crippen LogP contribution in [-0.4, -0.2) is 22.3 Å². The standard InChI is InChI=1S/C14H17N3OS/c1-10-9-11(2)17-14(16-10)19-8-7-18-13-6-4-3-5-12(13)15/h3-6,9H,7-8,15H2,1-2H3. The molecule has 0 radical (unpaired) electrons. The van der Waals surface area contributed by atoms with Gasteiger partial charge in [-0.2, -0.15) is 0 Å². The van der Waals surface area contributed by atoms with Crippen LogP contribution in [0, 0.1) is 13.8 Å². The van der Waals surface area contributed by atoms with E-state index in [1.54, 1.807) is 11.8 Å². The van der Waals surface area contributed by atoms with E-state index in [0.29, 0.717) is 12.3 Å². The van der Waals surface area contributed by atoms with Crippen LogP contribution in [-0.2, 0) is 0 Å². The van der Waals surface area contributed by atoms with Crippen LogP contribution in [0.3, 0.4) is 0 Å². The molecule has 2 N–H and O–H groups in total. The highest BCUT2D eigenvalue weighted by Gasteiger charge is 2.02. The van der Waals surface area contributed by atoms with Gasteiger partial charge in [-0.15, -0.1) is 0 Å². The molecule has 2 rings (SSSR count). The Morgan fingerprint density at radius 1 is 1.16 bits per heavy atom. The highest BCUT2D eigenvalue weighted by atomic mass is 32.2. The van der Waals surface area contributed by atoms with Gasteiger partial charge in [0.2, 0.25) is 0 Å². The van der Waals surface area contributed by atoms with E-state index in [1.165, 1.54) is 0 Å². The zero-order valence-corrected chi connectivity index (χ0v) is 11.9. The van der Waals surface area contributed by atoms with Crippen LogP contribution in [0.15, 0.2) is 35.5 Å². The molecule has 4 nitrogen and oxygen atoms in total. The van der Waals surface area contributed by atoms with Crippen molar-refractivity contribution in [1.29, 1.82) is 0 Å². The second kappa shape index (κ2) is 6.43. The summed E-state index contributed by atoms with van der Waals surface area (Å²) < 4.78 is 5.62. The van der Waals surface area contributed by atoms with E-state index in [-0.39, 0.29) is 0 Å². The van der Waals surface area contributed by atoms with Crippen LogP contribution < -0.4 is 10.5 Å². The second-order valence-electron chi connectivity index (χ2n) is 4.17. The first-order chi connectivity index (χ1) is 9.15. The van der Waals surface area contributed by atoms with Gasteiger partial charge in [0, 0.05) is 17.1 Å². The molecule has 0 spiro atoms. The number of aryl methyl sites for hydroxylation is 2. The van der Waals surface area contributed by atoms with Crippen LogP contribution in [0.1, 0.15) is 11.4 Å². The van der Waals surface area contributed by atoms with Gasteiger partial charge in [0.1, 0.15) is 5.75 Å². The number of rotatable bonds is 5. The van der Waals surface area contributed by atoms with E-state index >= 15 is 0 Å². The van der Waals surface area contributed by atoms with Crippen molar-refractivity contribution in [2.24, 2.45) is 0 Å². The van der Waals surface area contributed by atoms with Crippen molar-refractivity contribution < 1.29 is 4.74 Å². The number of hydrogen-bond donors (Lipinski definition) is 1. The summed E-state index contributed by atoms with van der Waals surface area (Å²) in [5, 5.41) is 0.794. The molecule has 0 saturated heterocycles. The van der Waals surface area contributed by atoms with Crippen LogP contribution >= 0.6 is 11.8 Å². The third kappa shape index (κ3) is 4.13. The minimum atomic E-state index is 0.579. The number of anilines is 1. The molecule has 0 aliphatic rings.